The molecule has 0 aliphatic carbocycles. The number of amides is 1. The number of fused-ring (bicyclic) bond motifs is 3. The van der Waals surface area contributed by atoms with Crippen LogP contribution in [0, 0.1) is 6.92 Å². The molecule has 0 unspecified atom stereocenters. The first kappa shape index (κ1) is 23.0. The summed E-state index contributed by atoms with van der Waals surface area (Å²) in [5.41, 5.74) is 2.35. The minimum atomic E-state index is -3.86. The molecule has 8 heteroatoms. The van der Waals surface area contributed by atoms with E-state index in [0.29, 0.717) is 11.3 Å². The van der Waals surface area contributed by atoms with Crippen molar-refractivity contribution >= 4 is 53.9 Å². The molecule has 0 saturated heterocycles. The second kappa shape index (κ2) is 9.13. The molecule has 0 saturated carbocycles. The molecule has 0 spiro atoms. The first-order valence-corrected chi connectivity index (χ1v) is 13.5. The van der Waals surface area contributed by atoms with Crippen molar-refractivity contribution in [3.63, 3.8) is 0 Å². The van der Waals surface area contributed by atoms with Crippen LogP contribution in [0.15, 0.2) is 94.8 Å². The van der Waals surface area contributed by atoms with Gasteiger partial charge in [0.1, 0.15) is 0 Å². The predicted octanol–water partition coefficient (Wildman–Crippen LogP) is 5.73. The van der Waals surface area contributed by atoms with Gasteiger partial charge in [0.2, 0.25) is 0 Å². The standard InChI is InChI=1S/C27H23N3O3S2/c1-3-30-24-17-14-19-8-4-5-9-21(19)25(24)34-27(30)28-26(31)22-10-6-7-11-23(22)29-35(32,33)20-15-12-18(2)13-16-20/h4-17,29H,3H2,1-2H3. The molecule has 0 bridgehead atoms. The molecule has 5 aromatic rings. The van der Waals surface area contributed by atoms with Gasteiger partial charge in [0.25, 0.3) is 15.9 Å². The van der Waals surface area contributed by atoms with Crippen LogP contribution >= 0.6 is 11.3 Å². The van der Waals surface area contributed by atoms with Gasteiger partial charge in [-0.1, -0.05) is 71.5 Å². The third-order valence-electron chi connectivity index (χ3n) is 5.82. The molecule has 1 aromatic heterocycles. The first-order valence-electron chi connectivity index (χ1n) is 11.2. The van der Waals surface area contributed by atoms with Crippen LogP contribution < -0.4 is 9.52 Å². The molecule has 0 fully saturated rings. The number of aryl methyl sites for hydroxylation is 2. The molecule has 176 valence electrons. The van der Waals surface area contributed by atoms with Gasteiger partial charge >= 0.3 is 0 Å². The Morgan fingerprint density at radius 3 is 2.43 bits per heavy atom. The lowest BCUT2D eigenvalue weighted by Crippen LogP contribution is -2.18. The van der Waals surface area contributed by atoms with E-state index in [-0.39, 0.29) is 16.1 Å². The van der Waals surface area contributed by atoms with Crippen molar-refractivity contribution in [1.29, 1.82) is 0 Å². The number of benzene rings is 4. The fraction of sp³-hybridized carbons (Fsp3) is 0.111. The van der Waals surface area contributed by atoms with Gasteiger partial charge in [-0.15, -0.1) is 0 Å². The summed E-state index contributed by atoms with van der Waals surface area (Å²) in [5, 5.41) is 2.23. The molecule has 0 atom stereocenters. The number of rotatable bonds is 5. The zero-order chi connectivity index (χ0) is 24.6. The van der Waals surface area contributed by atoms with E-state index in [0.717, 1.165) is 26.6 Å². The van der Waals surface area contributed by atoms with Crippen LogP contribution in [0.25, 0.3) is 21.0 Å². The van der Waals surface area contributed by atoms with Gasteiger partial charge in [0.15, 0.2) is 4.80 Å². The first-order chi connectivity index (χ1) is 16.9. The Hall–Kier alpha value is -3.75. The maximum absolute atomic E-state index is 13.3. The molecule has 6 nitrogen and oxygen atoms in total. The van der Waals surface area contributed by atoms with E-state index < -0.39 is 15.9 Å². The van der Waals surface area contributed by atoms with E-state index in [2.05, 4.69) is 27.9 Å². The van der Waals surface area contributed by atoms with Crippen LogP contribution in [0.4, 0.5) is 5.69 Å². The number of carbonyl (C=O) groups excluding carboxylic acids is 1. The van der Waals surface area contributed by atoms with E-state index >= 15 is 0 Å². The number of hydrogen-bond donors (Lipinski definition) is 1. The predicted molar refractivity (Wildman–Crippen MR) is 141 cm³/mol. The van der Waals surface area contributed by atoms with Gasteiger partial charge in [0.05, 0.1) is 26.4 Å². The molecule has 0 radical (unpaired) electrons. The largest absolute Gasteiger partial charge is 0.317 e. The molecule has 1 N–H and O–H groups in total. The quantitative estimate of drug-likeness (QED) is 0.334. The van der Waals surface area contributed by atoms with Crippen molar-refractivity contribution in [3.8, 4) is 0 Å². The van der Waals surface area contributed by atoms with Gasteiger partial charge < -0.3 is 4.57 Å². The van der Waals surface area contributed by atoms with Crippen molar-refractivity contribution in [2.75, 3.05) is 4.72 Å². The second-order valence-corrected chi connectivity index (χ2v) is 10.8. The lowest BCUT2D eigenvalue weighted by atomic mass is 10.1. The zero-order valence-corrected chi connectivity index (χ0v) is 20.9. The normalized spacial score (nSPS) is 12.3. The number of carbonyl (C=O) groups is 1. The molecule has 0 aliphatic heterocycles. The highest BCUT2D eigenvalue weighted by Crippen LogP contribution is 2.28. The van der Waals surface area contributed by atoms with Crippen LogP contribution in [0.5, 0.6) is 0 Å². The number of nitrogens with one attached hydrogen (secondary N) is 1. The van der Waals surface area contributed by atoms with Crippen molar-refractivity contribution in [2.45, 2.75) is 25.3 Å². The monoisotopic (exact) mass is 501 g/mol. The molecule has 0 aliphatic rings. The summed E-state index contributed by atoms with van der Waals surface area (Å²) in [4.78, 5) is 18.4. The Labute approximate surface area is 207 Å². The number of sulfonamides is 1. The summed E-state index contributed by atoms with van der Waals surface area (Å²) in [6.45, 7) is 4.54. The maximum Gasteiger partial charge on any atom is 0.281 e. The van der Waals surface area contributed by atoms with Crippen molar-refractivity contribution in [1.82, 2.24) is 4.57 Å². The topological polar surface area (TPSA) is 80.5 Å². The third-order valence-corrected chi connectivity index (χ3v) is 8.33. The minimum Gasteiger partial charge on any atom is -0.317 e. The highest BCUT2D eigenvalue weighted by Gasteiger charge is 2.19. The number of thiazole rings is 1. The molecular formula is C27H23N3O3S2. The maximum atomic E-state index is 13.3. The summed E-state index contributed by atoms with van der Waals surface area (Å²) >= 11 is 1.45. The average molecular weight is 502 g/mol. The lowest BCUT2D eigenvalue weighted by molar-refractivity contribution is 0.0998. The van der Waals surface area contributed by atoms with Crippen molar-refractivity contribution < 1.29 is 13.2 Å². The molecule has 5 rings (SSSR count). The Balaban J connectivity index is 1.58. The number of hydrogen-bond acceptors (Lipinski definition) is 4. The minimum absolute atomic E-state index is 0.127. The van der Waals surface area contributed by atoms with E-state index in [1.165, 1.54) is 23.5 Å². The van der Waals surface area contributed by atoms with Crippen molar-refractivity contribution in [3.05, 3.63) is 101 Å². The molecule has 1 heterocycles. The number of para-hydroxylation sites is 1. The molecule has 1 amide bonds. The van der Waals surface area contributed by atoms with Crippen molar-refractivity contribution in [2.24, 2.45) is 4.99 Å². The van der Waals surface area contributed by atoms with E-state index in [4.69, 9.17) is 0 Å². The Morgan fingerprint density at radius 2 is 1.66 bits per heavy atom. The van der Waals surface area contributed by atoms with E-state index in [1.54, 1.807) is 36.4 Å². The van der Waals surface area contributed by atoms with Gasteiger partial charge in [-0.3, -0.25) is 9.52 Å². The fourth-order valence-corrected chi connectivity index (χ4v) is 6.32. The summed E-state index contributed by atoms with van der Waals surface area (Å²) in [6.07, 6.45) is 0. The van der Waals surface area contributed by atoms with Crippen LogP contribution in [-0.2, 0) is 16.6 Å². The highest BCUT2D eigenvalue weighted by molar-refractivity contribution is 7.92. The molecule has 4 aromatic carbocycles. The van der Waals surface area contributed by atoms with Gasteiger partial charge in [0, 0.05) is 11.9 Å². The average Bonchev–Trinajstić information content (AvgIpc) is 3.21. The number of aromatic nitrogens is 1. The molecular weight excluding hydrogens is 478 g/mol. The summed E-state index contributed by atoms with van der Waals surface area (Å²) in [5.74, 6) is -0.509. The van der Waals surface area contributed by atoms with Crippen LogP contribution in [0.2, 0.25) is 0 Å². The smallest absolute Gasteiger partial charge is 0.281 e. The lowest BCUT2D eigenvalue weighted by Gasteiger charge is -2.11. The van der Waals surface area contributed by atoms with Gasteiger partial charge in [-0.2, -0.15) is 4.99 Å². The zero-order valence-electron chi connectivity index (χ0n) is 19.2. The Bertz CT molecular complexity index is 1750. The Morgan fingerprint density at radius 1 is 0.943 bits per heavy atom. The van der Waals surface area contributed by atoms with Gasteiger partial charge in [-0.25, -0.2) is 8.42 Å². The summed E-state index contributed by atoms with van der Waals surface area (Å²) < 4.78 is 31.5. The van der Waals surface area contributed by atoms with Crippen LogP contribution in [-0.4, -0.2) is 18.9 Å². The van der Waals surface area contributed by atoms with E-state index in [9.17, 15) is 13.2 Å². The second-order valence-electron chi connectivity index (χ2n) is 8.14. The van der Waals surface area contributed by atoms with E-state index in [1.807, 2.05) is 36.6 Å². The highest BCUT2D eigenvalue weighted by atomic mass is 32.2. The third kappa shape index (κ3) is 4.38. The summed E-state index contributed by atoms with van der Waals surface area (Å²) in [7, 11) is -3.86. The Kier molecular flexibility index (Phi) is 6.00. The summed E-state index contributed by atoms with van der Waals surface area (Å²) in [6, 6.07) is 25.3. The molecule has 35 heavy (non-hydrogen) atoms. The van der Waals surface area contributed by atoms with Crippen LogP contribution in [0.3, 0.4) is 0 Å². The number of anilines is 1. The SMILES string of the molecule is CCn1c(=NC(=O)c2ccccc2NS(=O)(=O)c2ccc(C)cc2)sc2c3ccccc3ccc21. The number of nitrogens with zero attached hydrogens (tertiary/aromatic N) is 2. The fourth-order valence-electron chi connectivity index (χ4n) is 4.02. The van der Waals surface area contributed by atoms with Crippen LogP contribution in [0.1, 0.15) is 22.8 Å². The van der Waals surface area contributed by atoms with Gasteiger partial charge in [-0.05, 0) is 49.6 Å².